The summed E-state index contributed by atoms with van der Waals surface area (Å²) in [6.45, 7) is 10.4. The fourth-order valence-electron chi connectivity index (χ4n) is 4.37. The van der Waals surface area contributed by atoms with Gasteiger partial charge in [0.15, 0.2) is 0 Å². The van der Waals surface area contributed by atoms with Gasteiger partial charge in [-0.2, -0.15) is 0 Å². The molecule has 132 valence electrons. The molecule has 1 atom stereocenters. The highest BCUT2D eigenvalue weighted by Gasteiger charge is 2.30. The molecule has 0 aromatic heterocycles. The van der Waals surface area contributed by atoms with E-state index in [2.05, 4.69) is 53.8 Å². The van der Waals surface area contributed by atoms with E-state index in [0.29, 0.717) is 6.04 Å². The fraction of sp³-hybridized carbons (Fsp3) is 0.650. The number of anilines is 1. The Labute approximate surface area is 146 Å². The summed E-state index contributed by atoms with van der Waals surface area (Å²) in [5, 5.41) is 0. The zero-order valence-electron chi connectivity index (χ0n) is 15.6. The largest absolute Gasteiger partial charge is 0.369 e. The number of carbonyl (C=O) groups is 1. The van der Waals surface area contributed by atoms with E-state index in [1.807, 2.05) is 0 Å². The molecule has 1 aliphatic carbocycles. The summed E-state index contributed by atoms with van der Waals surface area (Å²) in [7, 11) is 2.20. The van der Waals surface area contributed by atoms with Gasteiger partial charge in [0.05, 0.1) is 0 Å². The molecule has 0 saturated carbocycles. The number of likely N-dealkylation sites (N-methyl/N-ethyl adjacent to an activating group) is 1. The first-order chi connectivity index (χ1) is 11.5. The van der Waals surface area contributed by atoms with Crippen molar-refractivity contribution in [2.75, 3.05) is 38.1 Å². The minimum atomic E-state index is 0.204. The van der Waals surface area contributed by atoms with Gasteiger partial charge in [0.1, 0.15) is 0 Å². The van der Waals surface area contributed by atoms with Crippen molar-refractivity contribution in [1.82, 2.24) is 9.80 Å². The Morgan fingerprint density at radius 1 is 1.21 bits per heavy atom. The van der Waals surface area contributed by atoms with Crippen LogP contribution in [0.15, 0.2) is 18.2 Å². The lowest BCUT2D eigenvalue weighted by Crippen LogP contribution is -2.47. The van der Waals surface area contributed by atoms with E-state index in [0.717, 1.165) is 45.4 Å². The van der Waals surface area contributed by atoms with Crippen molar-refractivity contribution < 1.29 is 4.79 Å². The molecule has 0 spiro atoms. The Morgan fingerprint density at radius 3 is 2.54 bits per heavy atom. The monoisotopic (exact) mass is 329 g/mol. The molecule has 4 nitrogen and oxygen atoms in total. The second-order valence-electron chi connectivity index (χ2n) is 7.62. The van der Waals surface area contributed by atoms with Gasteiger partial charge in [-0.1, -0.05) is 12.1 Å². The van der Waals surface area contributed by atoms with E-state index in [9.17, 15) is 4.79 Å². The standard InChI is InChI=1S/C20H31N3O/c1-15(2)23(16(3)24)18-9-8-17-6-5-7-20(19(17)14-18)22-12-10-21(4)11-13-22/h5-7,15,18H,8-14H2,1-4H3/t18-/m1/s1. The lowest BCUT2D eigenvalue weighted by molar-refractivity contribution is -0.133. The van der Waals surface area contributed by atoms with Crippen LogP contribution >= 0.6 is 0 Å². The van der Waals surface area contributed by atoms with E-state index in [1.54, 1.807) is 6.92 Å². The van der Waals surface area contributed by atoms with Crippen LogP contribution in [-0.2, 0) is 17.6 Å². The summed E-state index contributed by atoms with van der Waals surface area (Å²) < 4.78 is 0. The van der Waals surface area contributed by atoms with E-state index in [1.165, 1.54) is 16.8 Å². The van der Waals surface area contributed by atoms with E-state index in [4.69, 9.17) is 0 Å². The predicted molar refractivity (Wildman–Crippen MR) is 99.6 cm³/mol. The van der Waals surface area contributed by atoms with Crippen LogP contribution in [0.1, 0.15) is 38.3 Å². The van der Waals surface area contributed by atoms with Crippen LogP contribution < -0.4 is 4.90 Å². The van der Waals surface area contributed by atoms with Crippen LogP contribution in [0.2, 0.25) is 0 Å². The molecule has 3 rings (SSSR count). The molecular weight excluding hydrogens is 298 g/mol. The molecule has 0 bridgehead atoms. The molecular formula is C20H31N3O. The molecule has 0 N–H and O–H groups in total. The highest BCUT2D eigenvalue weighted by atomic mass is 16.2. The average Bonchev–Trinajstić information content (AvgIpc) is 2.54. The van der Waals surface area contributed by atoms with Gasteiger partial charge in [-0.05, 0) is 57.4 Å². The second kappa shape index (κ2) is 7.14. The third kappa shape index (κ3) is 3.44. The van der Waals surface area contributed by atoms with Gasteiger partial charge in [-0.25, -0.2) is 0 Å². The van der Waals surface area contributed by atoms with E-state index in [-0.39, 0.29) is 11.9 Å². The normalized spacial score (nSPS) is 21.7. The third-order valence-corrected chi connectivity index (χ3v) is 5.59. The van der Waals surface area contributed by atoms with Gasteiger partial charge in [0.25, 0.3) is 0 Å². The second-order valence-corrected chi connectivity index (χ2v) is 7.62. The molecule has 1 saturated heterocycles. The Balaban J connectivity index is 1.85. The van der Waals surface area contributed by atoms with Crippen molar-refractivity contribution in [3.63, 3.8) is 0 Å². The molecule has 1 amide bonds. The van der Waals surface area contributed by atoms with Crippen LogP contribution in [-0.4, -0.2) is 61.0 Å². The molecule has 1 aliphatic heterocycles. The molecule has 2 aliphatic rings. The topological polar surface area (TPSA) is 26.8 Å². The Hall–Kier alpha value is -1.55. The van der Waals surface area contributed by atoms with Crippen molar-refractivity contribution in [3.05, 3.63) is 29.3 Å². The molecule has 1 heterocycles. The minimum Gasteiger partial charge on any atom is -0.369 e. The van der Waals surface area contributed by atoms with E-state index >= 15 is 0 Å². The lowest BCUT2D eigenvalue weighted by atomic mass is 9.85. The molecule has 1 aromatic carbocycles. The van der Waals surface area contributed by atoms with Gasteiger partial charge in [-0.3, -0.25) is 4.79 Å². The van der Waals surface area contributed by atoms with E-state index < -0.39 is 0 Å². The number of hydrogen-bond acceptors (Lipinski definition) is 3. The molecule has 1 aromatic rings. The van der Waals surface area contributed by atoms with Gasteiger partial charge in [0, 0.05) is 50.9 Å². The Morgan fingerprint density at radius 2 is 1.92 bits per heavy atom. The number of carbonyl (C=O) groups excluding carboxylic acids is 1. The summed E-state index contributed by atoms with van der Waals surface area (Å²) in [6.07, 6.45) is 3.16. The SMILES string of the molecule is CC(=O)N(C(C)C)[C@@H]1CCc2cccc(N3CCN(C)CC3)c2C1. The number of nitrogens with zero attached hydrogens (tertiary/aromatic N) is 3. The number of fused-ring (bicyclic) bond motifs is 1. The Bertz CT molecular complexity index is 591. The van der Waals surface area contributed by atoms with Crippen LogP contribution in [0.5, 0.6) is 0 Å². The predicted octanol–water partition coefficient (Wildman–Crippen LogP) is 2.55. The van der Waals surface area contributed by atoms with Crippen LogP contribution in [0.25, 0.3) is 0 Å². The zero-order valence-corrected chi connectivity index (χ0v) is 15.6. The maximum Gasteiger partial charge on any atom is 0.219 e. The van der Waals surface area contributed by atoms with Crippen molar-refractivity contribution in [3.8, 4) is 0 Å². The summed E-state index contributed by atoms with van der Waals surface area (Å²) in [5.41, 5.74) is 4.36. The number of amides is 1. The maximum absolute atomic E-state index is 12.1. The quantitative estimate of drug-likeness (QED) is 0.853. The first-order valence-corrected chi connectivity index (χ1v) is 9.30. The van der Waals surface area contributed by atoms with Crippen LogP contribution in [0.4, 0.5) is 5.69 Å². The smallest absolute Gasteiger partial charge is 0.219 e. The lowest BCUT2D eigenvalue weighted by Gasteiger charge is -2.40. The summed E-state index contributed by atoms with van der Waals surface area (Å²) >= 11 is 0. The average molecular weight is 329 g/mol. The first-order valence-electron chi connectivity index (χ1n) is 9.30. The van der Waals surface area contributed by atoms with Crippen molar-refractivity contribution in [2.24, 2.45) is 0 Å². The zero-order chi connectivity index (χ0) is 17.3. The van der Waals surface area contributed by atoms with Gasteiger partial charge < -0.3 is 14.7 Å². The van der Waals surface area contributed by atoms with Gasteiger partial charge in [-0.15, -0.1) is 0 Å². The number of rotatable bonds is 3. The molecule has 1 fully saturated rings. The fourth-order valence-corrected chi connectivity index (χ4v) is 4.37. The van der Waals surface area contributed by atoms with Crippen molar-refractivity contribution in [2.45, 2.75) is 52.1 Å². The number of aryl methyl sites for hydroxylation is 1. The summed E-state index contributed by atoms with van der Waals surface area (Å²) in [6, 6.07) is 7.37. The van der Waals surface area contributed by atoms with Crippen LogP contribution in [0, 0.1) is 0 Å². The Kier molecular flexibility index (Phi) is 5.14. The number of piperazine rings is 1. The van der Waals surface area contributed by atoms with Crippen LogP contribution in [0.3, 0.4) is 0 Å². The summed E-state index contributed by atoms with van der Waals surface area (Å²) in [4.78, 5) is 19.1. The molecule has 0 radical (unpaired) electrons. The van der Waals surface area contributed by atoms with Crippen molar-refractivity contribution in [1.29, 1.82) is 0 Å². The van der Waals surface area contributed by atoms with Gasteiger partial charge in [0.2, 0.25) is 5.91 Å². The summed E-state index contributed by atoms with van der Waals surface area (Å²) in [5.74, 6) is 0.204. The maximum atomic E-state index is 12.1. The number of hydrogen-bond donors (Lipinski definition) is 0. The molecule has 0 unspecified atom stereocenters. The molecule has 4 heteroatoms. The minimum absolute atomic E-state index is 0.204. The highest BCUT2D eigenvalue weighted by molar-refractivity contribution is 5.74. The van der Waals surface area contributed by atoms with Crippen molar-refractivity contribution >= 4 is 11.6 Å². The first kappa shape index (κ1) is 17.3. The van der Waals surface area contributed by atoms with Gasteiger partial charge >= 0.3 is 0 Å². The number of benzene rings is 1. The highest BCUT2D eigenvalue weighted by Crippen LogP contribution is 2.33. The molecule has 24 heavy (non-hydrogen) atoms. The third-order valence-electron chi connectivity index (χ3n) is 5.59.